The van der Waals surface area contributed by atoms with E-state index in [1.54, 1.807) is 0 Å². The molecule has 8 N–H and O–H groups in total. The van der Waals surface area contributed by atoms with Crippen molar-refractivity contribution < 1.29 is 25.5 Å². The van der Waals surface area contributed by atoms with Gasteiger partial charge in [-0.3, -0.25) is 4.57 Å². The van der Waals surface area contributed by atoms with Gasteiger partial charge < -0.3 is 36.3 Å². The van der Waals surface area contributed by atoms with Crippen LogP contribution in [0.1, 0.15) is 6.23 Å². The molecule has 0 radical (unpaired) electrons. The van der Waals surface area contributed by atoms with Crippen LogP contribution in [0.3, 0.4) is 0 Å². The largest absolute Gasteiger partial charge is 0.412 e. The number of rotatable bonds is 2. The number of hydrogen-bond donors (Lipinski definition) is 5. The van der Waals surface area contributed by atoms with E-state index in [0.29, 0.717) is 11.2 Å². The smallest absolute Gasteiger partial charge is 0.200 e. The Balaban J connectivity index is 0.00000161. The first-order chi connectivity index (χ1) is 9.52. The molecule has 0 aromatic carbocycles. The molecule has 3 heterocycles. The second-order valence-electron chi connectivity index (χ2n) is 4.51. The number of nitrogens with zero attached hydrogens (tertiary/aromatic N) is 3. The normalized spacial score (nSPS) is 28.7. The van der Waals surface area contributed by atoms with Crippen molar-refractivity contribution in [3.8, 4) is 0 Å². The number of nitrogens with two attached hydrogens (primary N) is 1. The van der Waals surface area contributed by atoms with Crippen molar-refractivity contribution in [2.75, 3.05) is 12.3 Å². The minimum absolute atomic E-state index is 0. The Bertz CT molecular complexity index is 703. The van der Waals surface area contributed by atoms with Crippen molar-refractivity contribution in [1.29, 1.82) is 0 Å². The number of fused-ring (bicyclic) bond motifs is 1. The van der Waals surface area contributed by atoms with E-state index in [1.165, 1.54) is 10.9 Å². The van der Waals surface area contributed by atoms with Gasteiger partial charge in [-0.2, -0.15) is 0 Å². The number of aliphatic hydroxyl groups is 3. The summed E-state index contributed by atoms with van der Waals surface area (Å²) in [6.07, 6.45) is -2.77. The lowest BCUT2D eigenvalue weighted by Crippen LogP contribution is -2.33. The number of ether oxygens (including phenoxy) is 1. The molecule has 10 nitrogen and oxygen atoms in total. The topological polar surface area (TPSA) is 174 Å². The first-order valence-corrected chi connectivity index (χ1v) is 6.28. The zero-order valence-corrected chi connectivity index (χ0v) is 11.5. The van der Waals surface area contributed by atoms with Crippen LogP contribution in [0.2, 0.25) is 0 Å². The summed E-state index contributed by atoms with van der Waals surface area (Å²) in [5.41, 5.74) is 6.44. The Morgan fingerprint density at radius 2 is 2.14 bits per heavy atom. The fourth-order valence-corrected chi connectivity index (χ4v) is 2.50. The SMILES string of the molecule is Nc1nc(=S)c2ncn([C@H]3O[C@@H](CO)[C@@H](O)[C@@H]3O)c2[nH]1.O. The van der Waals surface area contributed by atoms with Crippen molar-refractivity contribution in [2.45, 2.75) is 24.5 Å². The molecular weight excluding hydrogens is 302 g/mol. The second-order valence-corrected chi connectivity index (χ2v) is 4.89. The maximum absolute atomic E-state index is 10.0. The third kappa shape index (κ3) is 2.39. The van der Waals surface area contributed by atoms with E-state index in [1.807, 2.05) is 0 Å². The van der Waals surface area contributed by atoms with E-state index < -0.39 is 31.1 Å². The molecule has 0 amide bonds. The Labute approximate surface area is 123 Å². The number of H-pyrrole nitrogens is 1. The molecule has 4 atom stereocenters. The standard InChI is InChI=1S/C10H13N5O4S.H2O/c11-10-13-7-4(8(20)14-10)12-2-15(7)9-6(18)5(17)3(1-16)19-9;/h2-3,5-6,9,16-18H,1H2,(H3,11,13,14,20);1H2/t3-,5+,6-,9-;/m0./s1. The lowest BCUT2D eigenvalue weighted by atomic mass is 10.1. The van der Waals surface area contributed by atoms with Crippen LogP contribution in [-0.2, 0) is 4.74 Å². The van der Waals surface area contributed by atoms with Gasteiger partial charge in [0.2, 0.25) is 0 Å². The third-order valence-electron chi connectivity index (χ3n) is 3.26. The molecule has 1 aliphatic rings. The number of aliphatic hydroxyl groups excluding tert-OH is 3. The van der Waals surface area contributed by atoms with E-state index in [9.17, 15) is 10.2 Å². The predicted molar refractivity (Wildman–Crippen MR) is 73.7 cm³/mol. The molecule has 0 aliphatic carbocycles. The molecule has 0 spiro atoms. The number of imidazole rings is 1. The molecule has 0 unspecified atom stereocenters. The first-order valence-electron chi connectivity index (χ1n) is 5.87. The quantitative estimate of drug-likeness (QED) is 0.390. The highest BCUT2D eigenvalue weighted by atomic mass is 32.1. The van der Waals surface area contributed by atoms with Crippen molar-refractivity contribution in [2.24, 2.45) is 0 Å². The summed E-state index contributed by atoms with van der Waals surface area (Å²) in [6.45, 7) is -0.402. The predicted octanol–water partition coefficient (Wildman–Crippen LogP) is -2.14. The molecule has 116 valence electrons. The van der Waals surface area contributed by atoms with Crippen LogP contribution in [0, 0.1) is 4.64 Å². The van der Waals surface area contributed by atoms with Crippen molar-refractivity contribution in [3.05, 3.63) is 11.0 Å². The van der Waals surface area contributed by atoms with E-state index >= 15 is 0 Å². The Morgan fingerprint density at radius 3 is 2.76 bits per heavy atom. The number of nitrogen functional groups attached to an aromatic ring is 1. The molecule has 0 bridgehead atoms. The van der Waals surface area contributed by atoms with Crippen LogP contribution in [0.4, 0.5) is 5.95 Å². The van der Waals surface area contributed by atoms with Crippen molar-refractivity contribution >= 4 is 29.3 Å². The molecule has 21 heavy (non-hydrogen) atoms. The maximum Gasteiger partial charge on any atom is 0.200 e. The summed E-state index contributed by atoms with van der Waals surface area (Å²) in [5.74, 6) is 0.107. The van der Waals surface area contributed by atoms with Gasteiger partial charge >= 0.3 is 0 Å². The van der Waals surface area contributed by atoms with Crippen LogP contribution in [0.15, 0.2) is 6.33 Å². The summed E-state index contributed by atoms with van der Waals surface area (Å²) < 4.78 is 7.11. The molecule has 1 fully saturated rings. The van der Waals surface area contributed by atoms with Gasteiger partial charge in [-0.1, -0.05) is 12.2 Å². The van der Waals surface area contributed by atoms with E-state index in [-0.39, 0.29) is 16.1 Å². The van der Waals surface area contributed by atoms with Gasteiger partial charge in [-0.05, 0) is 0 Å². The first kappa shape index (κ1) is 15.8. The monoisotopic (exact) mass is 317 g/mol. The van der Waals surface area contributed by atoms with Crippen LogP contribution in [0.25, 0.3) is 11.2 Å². The number of anilines is 1. The average Bonchev–Trinajstić information content (AvgIpc) is 2.93. The van der Waals surface area contributed by atoms with Gasteiger partial charge in [0.1, 0.15) is 29.5 Å². The number of aromatic amines is 1. The Kier molecular flexibility index (Phi) is 4.22. The Morgan fingerprint density at radius 1 is 1.43 bits per heavy atom. The highest BCUT2D eigenvalue weighted by Crippen LogP contribution is 2.31. The van der Waals surface area contributed by atoms with E-state index in [4.69, 9.17) is 27.8 Å². The highest BCUT2D eigenvalue weighted by Gasteiger charge is 2.43. The number of hydrogen-bond acceptors (Lipinski definition) is 8. The molecule has 3 rings (SSSR count). The molecule has 0 saturated carbocycles. The summed E-state index contributed by atoms with van der Waals surface area (Å²) in [6, 6.07) is 0. The number of nitrogens with one attached hydrogen (secondary N) is 1. The summed E-state index contributed by atoms with van der Waals surface area (Å²) in [4.78, 5) is 10.8. The zero-order chi connectivity index (χ0) is 14.4. The van der Waals surface area contributed by atoms with Crippen LogP contribution < -0.4 is 5.73 Å². The van der Waals surface area contributed by atoms with Crippen molar-refractivity contribution in [3.63, 3.8) is 0 Å². The van der Waals surface area contributed by atoms with Gasteiger partial charge in [0, 0.05) is 0 Å². The lowest BCUT2D eigenvalue weighted by Gasteiger charge is -2.16. The highest BCUT2D eigenvalue weighted by molar-refractivity contribution is 7.71. The van der Waals surface area contributed by atoms with Gasteiger partial charge in [0.15, 0.2) is 16.8 Å². The molecular formula is C10H15N5O5S. The fourth-order valence-electron chi connectivity index (χ4n) is 2.26. The van der Waals surface area contributed by atoms with Crippen LogP contribution in [0.5, 0.6) is 0 Å². The fraction of sp³-hybridized carbons (Fsp3) is 0.500. The summed E-state index contributed by atoms with van der Waals surface area (Å²) in [7, 11) is 0. The van der Waals surface area contributed by atoms with E-state index in [0.717, 1.165) is 0 Å². The molecule has 11 heteroatoms. The molecule has 2 aromatic heterocycles. The average molecular weight is 317 g/mol. The van der Waals surface area contributed by atoms with Gasteiger partial charge in [-0.25, -0.2) is 9.97 Å². The van der Waals surface area contributed by atoms with Crippen LogP contribution >= 0.6 is 12.2 Å². The second kappa shape index (κ2) is 5.63. The van der Waals surface area contributed by atoms with E-state index in [2.05, 4.69) is 15.0 Å². The van der Waals surface area contributed by atoms with Crippen molar-refractivity contribution in [1.82, 2.24) is 19.5 Å². The number of aromatic nitrogens is 4. The lowest BCUT2D eigenvalue weighted by molar-refractivity contribution is -0.0511. The van der Waals surface area contributed by atoms with Crippen LogP contribution in [-0.4, -0.2) is 65.2 Å². The van der Waals surface area contributed by atoms with Gasteiger partial charge in [-0.15, -0.1) is 0 Å². The summed E-state index contributed by atoms with van der Waals surface area (Å²) in [5, 5.41) is 28.9. The maximum atomic E-state index is 10.0. The minimum Gasteiger partial charge on any atom is -0.412 e. The van der Waals surface area contributed by atoms with Gasteiger partial charge in [0.05, 0.1) is 12.9 Å². The molecule has 1 aliphatic heterocycles. The molecule has 1 saturated heterocycles. The van der Waals surface area contributed by atoms with Gasteiger partial charge in [0.25, 0.3) is 0 Å². The minimum atomic E-state index is -1.21. The molecule has 2 aromatic rings. The Hall–Kier alpha value is -1.63. The summed E-state index contributed by atoms with van der Waals surface area (Å²) >= 11 is 5.05. The zero-order valence-electron chi connectivity index (χ0n) is 10.7. The third-order valence-corrected chi connectivity index (χ3v) is 3.54.